The van der Waals surface area contributed by atoms with Crippen LogP contribution >= 0.6 is 0 Å². The Morgan fingerprint density at radius 2 is 1.30 bits per heavy atom. The average Bonchev–Trinajstić information content (AvgIpc) is 3.69. The van der Waals surface area contributed by atoms with Gasteiger partial charge >= 0.3 is 31.1 Å². The van der Waals surface area contributed by atoms with Crippen LogP contribution in [0.2, 0.25) is 0 Å². The Labute approximate surface area is 269 Å². The van der Waals surface area contributed by atoms with Crippen molar-refractivity contribution in [2.75, 3.05) is 0 Å². The fourth-order valence-electron chi connectivity index (χ4n) is 6.90. The van der Waals surface area contributed by atoms with E-state index < -0.39 is 0 Å². The van der Waals surface area contributed by atoms with E-state index in [0.717, 1.165) is 49.9 Å². The molecule has 0 spiro atoms. The van der Waals surface area contributed by atoms with E-state index in [1.165, 1.54) is 38.1 Å². The zero-order chi connectivity index (χ0) is 27.4. The van der Waals surface area contributed by atoms with E-state index in [2.05, 4.69) is 100.0 Å². The van der Waals surface area contributed by atoms with Gasteiger partial charge in [0.05, 0.1) is 27.6 Å². The van der Waals surface area contributed by atoms with Gasteiger partial charge in [-0.1, -0.05) is 54.6 Å². The van der Waals surface area contributed by atoms with Gasteiger partial charge in [-0.05, 0) is 30.0 Å². The van der Waals surface area contributed by atoms with Crippen LogP contribution in [0.1, 0.15) is 0 Å². The van der Waals surface area contributed by atoms with Crippen LogP contribution in [0.3, 0.4) is 0 Å². The minimum absolute atomic E-state index is 0. The molecule has 0 radical (unpaired) electrons. The Morgan fingerprint density at radius 3 is 2.14 bits per heavy atom. The molecule has 10 aromatic rings. The predicted octanol–water partition coefficient (Wildman–Crippen LogP) is 9.14. The Bertz CT molecular complexity index is 2670. The predicted molar refractivity (Wildman–Crippen MR) is 172 cm³/mol. The van der Waals surface area contributed by atoms with Gasteiger partial charge in [-0.15, -0.1) is 18.2 Å². The molecule has 0 fully saturated rings. The van der Waals surface area contributed by atoms with Crippen molar-refractivity contribution in [2.45, 2.75) is 0 Å². The van der Waals surface area contributed by atoms with Crippen molar-refractivity contribution < 1.29 is 31.1 Å². The van der Waals surface area contributed by atoms with E-state index in [1.807, 2.05) is 42.5 Å². The summed E-state index contributed by atoms with van der Waals surface area (Å²) in [6.45, 7) is 0. The molecule has 0 aliphatic carbocycles. The normalized spacial score (nSPS) is 12.0. The topological polar surface area (TPSA) is 35.1 Å². The smallest absolute Gasteiger partial charge is 0.350 e. The van der Waals surface area contributed by atoms with Crippen molar-refractivity contribution >= 4 is 71.2 Å². The van der Waals surface area contributed by atoms with Gasteiger partial charge in [0.1, 0.15) is 5.52 Å². The second-order valence-electron chi connectivity index (χ2n) is 10.9. The van der Waals surface area contributed by atoms with Crippen LogP contribution in [0.15, 0.2) is 121 Å². The van der Waals surface area contributed by atoms with Crippen LogP contribution in [0.4, 0.5) is 0 Å². The summed E-state index contributed by atoms with van der Waals surface area (Å²) in [4.78, 5) is 10.2. The van der Waals surface area contributed by atoms with Gasteiger partial charge in [-0.3, -0.25) is 4.40 Å². The summed E-state index contributed by atoms with van der Waals surface area (Å²) >= 11 is 0. The Morgan fingerprint density at radius 1 is 0.535 bits per heavy atom. The molecule has 0 aliphatic heterocycles. The van der Waals surface area contributed by atoms with Crippen LogP contribution in [0, 0.1) is 43.2 Å². The molecule has 0 atom stereocenters. The summed E-state index contributed by atoms with van der Waals surface area (Å²) in [5.41, 5.74) is 11.5. The van der Waals surface area contributed by atoms with E-state index in [9.17, 15) is 0 Å². The molecule has 0 N–H and O–H groups in total. The van der Waals surface area contributed by atoms with Crippen LogP contribution < -0.4 is 0 Å². The van der Waals surface area contributed by atoms with E-state index in [4.69, 9.17) is 9.97 Å². The first-order chi connectivity index (χ1) is 20.8. The number of rotatable bonds is 2. The number of aromatic nitrogens is 4. The fraction of sp³-hybridized carbons (Fsp3) is 0. The summed E-state index contributed by atoms with van der Waals surface area (Å²) < 4.78 is 4.71. The van der Waals surface area contributed by atoms with Crippen LogP contribution in [-0.4, -0.2) is 18.9 Å². The van der Waals surface area contributed by atoms with E-state index in [-0.39, 0.29) is 31.1 Å². The quantitative estimate of drug-likeness (QED) is 0.165. The number of fused-ring (bicyclic) bond motifs is 11. The Hall–Kier alpha value is -4.69. The molecule has 0 saturated heterocycles. The number of para-hydroxylation sites is 4. The van der Waals surface area contributed by atoms with Crippen molar-refractivity contribution in [2.24, 2.45) is 0 Å². The molecular formula is C38H20N4U. The van der Waals surface area contributed by atoms with Gasteiger partial charge in [-0.25, -0.2) is 21.1 Å². The second-order valence-corrected chi connectivity index (χ2v) is 10.9. The molecule has 43 heavy (non-hydrogen) atoms. The standard InChI is InChI=1S/C38H20N4.U/c1-2-9-23(10-3-1)24-17-19-25(20-18-24)41-32-16-7-4-11-26(32)27-21-22-33-34(37(27)41)28-12-8-13-29-35-38(42(33)36(28)29)40-31-15-6-5-14-30(31)39-35;/h1-9,11-17,19-22H;/q-2;+2. The number of hydrogen-bond donors (Lipinski definition) is 0. The van der Waals surface area contributed by atoms with Crippen LogP contribution in [0.25, 0.3) is 88.0 Å². The average molecular weight is 771 g/mol. The molecule has 0 saturated carbocycles. The maximum atomic E-state index is 5.15. The van der Waals surface area contributed by atoms with Crippen LogP contribution in [-0.2, 0) is 0 Å². The summed E-state index contributed by atoms with van der Waals surface area (Å²) in [6, 6.07) is 49.2. The first kappa shape index (κ1) is 24.9. The monoisotopic (exact) mass is 770 g/mol. The molecule has 196 valence electrons. The van der Waals surface area contributed by atoms with E-state index in [1.54, 1.807) is 0 Å². The van der Waals surface area contributed by atoms with E-state index in [0.29, 0.717) is 0 Å². The number of hydrogen-bond acceptors (Lipinski definition) is 2. The first-order valence-electron chi connectivity index (χ1n) is 14.1. The molecule has 10 rings (SSSR count). The SMILES string of the molecule is [U+2].[c-]1ccccc1-c1[c-]cc(-n2c3ccccc3c3ccc4c(c5cccc6c7nc8ccccc8nc7n4c65)c32)cc1. The molecule has 4 aromatic heterocycles. The van der Waals surface area contributed by atoms with Gasteiger partial charge in [0, 0.05) is 32.4 Å². The molecule has 0 amide bonds. The third-order valence-corrected chi connectivity index (χ3v) is 8.66. The fourth-order valence-corrected chi connectivity index (χ4v) is 6.90. The maximum Gasteiger partial charge on any atom is 2.00 e. The Kier molecular flexibility index (Phi) is 5.29. The molecule has 5 heteroatoms. The summed E-state index contributed by atoms with van der Waals surface area (Å²) in [5.74, 6) is 0. The minimum Gasteiger partial charge on any atom is -0.350 e. The van der Waals surface area contributed by atoms with Gasteiger partial charge in [0.15, 0.2) is 5.65 Å². The van der Waals surface area contributed by atoms with Crippen molar-refractivity contribution in [3.05, 3.63) is 133 Å². The molecule has 0 bridgehead atoms. The summed E-state index contributed by atoms with van der Waals surface area (Å²) in [6.07, 6.45) is 0. The molecule has 6 aromatic carbocycles. The second kappa shape index (κ2) is 9.15. The van der Waals surface area contributed by atoms with Crippen LogP contribution in [0.5, 0.6) is 0 Å². The van der Waals surface area contributed by atoms with E-state index >= 15 is 0 Å². The molecule has 4 heterocycles. The van der Waals surface area contributed by atoms with Gasteiger partial charge in [0.25, 0.3) is 0 Å². The number of nitrogens with zero attached hydrogens (tertiary/aromatic N) is 4. The van der Waals surface area contributed by atoms with Gasteiger partial charge in [-0.2, -0.15) is 36.4 Å². The van der Waals surface area contributed by atoms with Crippen molar-refractivity contribution in [3.63, 3.8) is 0 Å². The third-order valence-electron chi connectivity index (χ3n) is 8.66. The van der Waals surface area contributed by atoms with Gasteiger partial charge < -0.3 is 4.57 Å². The van der Waals surface area contributed by atoms with Crippen molar-refractivity contribution in [1.29, 1.82) is 0 Å². The largest absolute Gasteiger partial charge is 2.00 e. The zero-order valence-corrected chi connectivity index (χ0v) is 27.0. The van der Waals surface area contributed by atoms with Crippen molar-refractivity contribution in [3.8, 4) is 16.8 Å². The zero-order valence-electron chi connectivity index (χ0n) is 22.8. The maximum absolute atomic E-state index is 5.15. The Balaban J connectivity index is 0.00000260. The number of benzene rings is 6. The van der Waals surface area contributed by atoms with Gasteiger partial charge in [0.2, 0.25) is 0 Å². The summed E-state index contributed by atoms with van der Waals surface area (Å²) in [7, 11) is 0. The minimum atomic E-state index is 0. The molecule has 0 unspecified atom stereocenters. The first-order valence-corrected chi connectivity index (χ1v) is 14.1. The van der Waals surface area contributed by atoms with Crippen molar-refractivity contribution in [1.82, 2.24) is 18.9 Å². The molecule has 4 nitrogen and oxygen atoms in total. The molecular weight excluding hydrogens is 750 g/mol. The summed E-state index contributed by atoms with van der Waals surface area (Å²) in [5, 5.41) is 6.02. The third kappa shape index (κ3) is 3.32. The molecule has 0 aliphatic rings.